The second-order valence-corrected chi connectivity index (χ2v) is 4.20. The van der Waals surface area contributed by atoms with Crippen LogP contribution in [-0.2, 0) is 6.54 Å². The van der Waals surface area contributed by atoms with Crippen LogP contribution in [0.25, 0.3) is 0 Å². The van der Waals surface area contributed by atoms with Gasteiger partial charge in [-0.25, -0.2) is 4.39 Å². The van der Waals surface area contributed by atoms with E-state index in [0.717, 1.165) is 5.69 Å². The summed E-state index contributed by atoms with van der Waals surface area (Å²) < 4.78 is 23.4. The molecule has 1 heterocycles. The van der Waals surface area contributed by atoms with Crippen molar-refractivity contribution < 1.29 is 13.5 Å². The van der Waals surface area contributed by atoms with Crippen molar-refractivity contribution in [3.05, 3.63) is 42.0 Å². The van der Waals surface area contributed by atoms with Gasteiger partial charge in [0.25, 0.3) is 0 Å². The fraction of sp³-hybridized carbons (Fsp3) is 0.308. The van der Waals surface area contributed by atoms with Crippen LogP contribution in [0.15, 0.2) is 34.9 Å². The van der Waals surface area contributed by atoms with Gasteiger partial charge in [0.2, 0.25) is 0 Å². The third kappa shape index (κ3) is 3.56. The average Bonchev–Trinajstić information content (AvgIpc) is 2.74. The van der Waals surface area contributed by atoms with Crippen molar-refractivity contribution >= 4 is 0 Å². The molecule has 0 spiro atoms. The average molecular weight is 250 g/mol. The number of halogens is 1. The predicted octanol–water partition coefficient (Wildman–Crippen LogP) is 3.10. The van der Waals surface area contributed by atoms with Gasteiger partial charge in [-0.3, -0.25) is 0 Å². The van der Waals surface area contributed by atoms with Gasteiger partial charge in [-0.05, 0) is 12.1 Å². The van der Waals surface area contributed by atoms with Crippen LogP contribution in [0.5, 0.6) is 11.8 Å². The summed E-state index contributed by atoms with van der Waals surface area (Å²) in [6.45, 7) is 4.70. The number of hydrogen-bond acceptors (Lipinski definition) is 4. The molecule has 0 saturated heterocycles. The lowest BCUT2D eigenvalue weighted by atomic mass is 10.3. The van der Waals surface area contributed by atoms with E-state index in [1.807, 2.05) is 13.8 Å². The molecule has 0 saturated carbocycles. The minimum atomic E-state index is -0.360. The third-order valence-corrected chi connectivity index (χ3v) is 2.22. The van der Waals surface area contributed by atoms with Crippen LogP contribution in [0.1, 0.15) is 19.5 Å². The number of benzene rings is 1. The van der Waals surface area contributed by atoms with Gasteiger partial charge in [0, 0.05) is 18.7 Å². The molecule has 5 heteroatoms. The number of rotatable bonds is 5. The zero-order valence-electron chi connectivity index (χ0n) is 10.3. The molecule has 0 unspecified atom stereocenters. The second kappa shape index (κ2) is 5.64. The lowest BCUT2D eigenvalue weighted by molar-refractivity contribution is 0.329. The Morgan fingerprint density at radius 2 is 2.28 bits per heavy atom. The second-order valence-electron chi connectivity index (χ2n) is 4.20. The van der Waals surface area contributed by atoms with Gasteiger partial charge in [0.15, 0.2) is 0 Å². The Balaban J connectivity index is 1.98. The summed E-state index contributed by atoms with van der Waals surface area (Å²) in [7, 11) is 0. The van der Waals surface area contributed by atoms with Gasteiger partial charge in [-0.15, -0.1) is 0 Å². The summed E-state index contributed by atoms with van der Waals surface area (Å²) in [6, 6.07) is 6.19. The molecule has 96 valence electrons. The Labute approximate surface area is 105 Å². The molecule has 0 radical (unpaired) electrons. The van der Waals surface area contributed by atoms with Crippen LogP contribution in [0.4, 0.5) is 4.39 Å². The Hall–Kier alpha value is -1.88. The number of hydrogen-bond donors (Lipinski definition) is 1. The molecular weight excluding hydrogens is 235 g/mol. The van der Waals surface area contributed by atoms with Gasteiger partial charge in [0.05, 0.1) is 5.69 Å². The van der Waals surface area contributed by atoms with Crippen molar-refractivity contribution in [3.8, 4) is 11.8 Å². The molecule has 0 amide bonds. The molecule has 1 N–H and O–H groups in total. The molecule has 0 aliphatic rings. The molecule has 2 rings (SSSR count). The van der Waals surface area contributed by atoms with Crippen molar-refractivity contribution in [1.82, 2.24) is 10.3 Å². The van der Waals surface area contributed by atoms with E-state index in [1.165, 1.54) is 18.4 Å². The quantitative estimate of drug-likeness (QED) is 0.885. The molecule has 0 aliphatic carbocycles. The van der Waals surface area contributed by atoms with E-state index in [0.29, 0.717) is 18.3 Å². The fourth-order valence-corrected chi connectivity index (χ4v) is 1.36. The number of oxazole rings is 1. The zero-order valence-corrected chi connectivity index (χ0v) is 10.3. The van der Waals surface area contributed by atoms with E-state index in [2.05, 4.69) is 10.3 Å². The molecule has 0 aliphatic heterocycles. The maximum Gasteiger partial charge on any atom is 0.399 e. The zero-order chi connectivity index (χ0) is 13.0. The van der Waals surface area contributed by atoms with E-state index >= 15 is 0 Å². The molecule has 18 heavy (non-hydrogen) atoms. The first-order valence-corrected chi connectivity index (χ1v) is 5.74. The van der Waals surface area contributed by atoms with Gasteiger partial charge in [0.1, 0.15) is 17.8 Å². The van der Waals surface area contributed by atoms with Crippen molar-refractivity contribution in [2.24, 2.45) is 0 Å². The highest BCUT2D eigenvalue weighted by Crippen LogP contribution is 2.21. The lowest BCUT2D eigenvalue weighted by Crippen LogP contribution is -2.21. The standard InChI is InChI=1S/C13H15FN2O2/c1-9(2)15-7-11-8-17-13(16-11)18-12-5-3-4-10(14)6-12/h3-6,8-9,15H,7H2,1-2H3. The summed E-state index contributed by atoms with van der Waals surface area (Å²) >= 11 is 0. The van der Waals surface area contributed by atoms with Crippen LogP contribution < -0.4 is 10.1 Å². The monoisotopic (exact) mass is 250 g/mol. The largest absolute Gasteiger partial charge is 0.417 e. The Morgan fingerprint density at radius 3 is 3.00 bits per heavy atom. The topological polar surface area (TPSA) is 47.3 Å². The Morgan fingerprint density at radius 1 is 1.44 bits per heavy atom. The first-order valence-electron chi connectivity index (χ1n) is 5.74. The Bertz CT molecular complexity index is 511. The van der Waals surface area contributed by atoms with Crippen molar-refractivity contribution in [3.63, 3.8) is 0 Å². The molecule has 0 bridgehead atoms. The molecule has 0 fully saturated rings. The van der Waals surface area contributed by atoms with E-state index in [-0.39, 0.29) is 11.9 Å². The molecule has 1 aromatic carbocycles. The molecule has 1 aromatic heterocycles. The van der Waals surface area contributed by atoms with Gasteiger partial charge >= 0.3 is 6.08 Å². The van der Waals surface area contributed by atoms with Crippen LogP contribution in [-0.4, -0.2) is 11.0 Å². The van der Waals surface area contributed by atoms with E-state index < -0.39 is 0 Å². The summed E-state index contributed by atoms with van der Waals surface area (Å²) in [4.78, 5) is 4.13. The van der Waals surface area contributed by atoms with Crippen LogP contribution >= 0.6 is 0 Å². The van der Waals surface area contributed by atoms with Crippen molar-refractivity contribution in [2.45, 2.75) is 26.4 Å². The Kier molecular flexibility index (Phi) is 3.94. The summed E-state index contributed by atoms with van der Waals surface area (Å²) in [5.74, 6) is 0.000901. The summed E-state index contributed by atoms with van der Waals surface area (Å²) in [6.07, 6.45) is 1.63. The van der Waals surface area contributed by atoms with E-state index in [1.54, 1.807) is 12.1 Å². The highest BCUT2D eigenvalue weighted by atomic mass is 19.1. The van der Waals surface area contributed by atoms with Crippen LogP contribution in [0, 0.1) is 5.82 Å². The lowest BCUT2D eigenvalue weighted by Gasteiger charge is -2.04. The summed E-state index contributed by atoms with van der Waals surface area (Å²) in [5.41, 5.74) is 0.745. The van der Waals surface area contributed by atoms with Crippen LogP contribution in [0.2, 0.25) is 0 Å². The molecule has 4 nitrogen and oxygen atoms in total. The summed E-state index contributed by atoms with van der Waals surface area (Å²) in [5, 5.41) is 3.21. The maximum absolute atomic E-state index is 12.9. The van der Waals surface area contributed by atoms with Gasteiger partial charge in [-0.2, -0.15) is 4.98 Å². The number of nitrogens with one attached hydrogen (secondary N) is 1. The predicted molar refractivity (Wildman–Crippen MR) is 65.0 cm³/mol. The number of nitrogens with zero attached hydrogens (tertiary/aromatic N) is 1. The molecule has 0 atom stereocenters. The number of ether oxygens (including phenoxy) is 1. The fourth-order valence-electron chi connectivity index (χ4n) is 1.36. The minimum Gasteiger partial charge on any atom is -0.417 e. The van der Waals surface area contributed by atoms with Crippen molar-refractivity contribution in [2.75, 3.05) is 0 Å². The minimum absolute atomic E-state index is 0.112. The van der Waals surface area contributed by atoms with E-state index in [9.17, 15) is 4.39 Å². The number of aromatic nitrogens is 1. The third-order valence-electron chi connectivity index (χ3n) is 2.22. The first-order chi connectivity index (χ1) is 8.63. The van der Waals surface area contributed by atoms with Crippen LogP contribution in [0.3, 0.4) is 0 Å². The van der Waals surface area contributed by atoms with Gasteiger partial charge < -0.3 is 14.5 Å². The highest BCUT2D eigenvalue weighted by molar-refractivity contribution is 5.24. The SMILES string of the molecule is CC(C)NCc1coc(Oc2cccc(F)c2)n1. The van der Waals surface area contributed by atoms with Crippen molar-refractivity contribution in [1.29, 1.82) is 0 Å². The normalized spacial score (nSPS) is 10.9. The van der Waals surface area contributed by atoms with Gasteiger partial charge in [-0.1, -0.05) is 19.9 Å². The highest BCUT2D eigenvalue weighted by Gasteiger charge is 2.07. The molecular formula is C13H15FN2O2. The first kappa shape index (κ1) is 12.6. The molecule has 2 aromatic rings. The smallest absolute Gasteiger partial charge is 0.399 e. The van der Waals surface area contributed by atoms with E-state index in [4.69, 9.17) is 9.15 Å². The maximum atomic E-state index is 12.9.